The summed E-state index contributed by atoms with van der Waals surface area (Å²) in [5, 5.41) is 3.94. The fourth-order valence-corrected chi connectivity index (χ4v) is 3.72. The third-order valence-corrected chi connectivity index (χ3v) is 5.36. The van der Waals surface area contributed by atoms with Gasteiger partial charge in [0.1, 0.15) is 24.4 Å². The number of imidazole rings is 1. The molecule has 1 aromatic carbocycles. The first-order valence-corrected chi connectivity index (χ1v) is 9.07. The molecule has 0 aliphatic heterocycles. The Morgan fingerprint density at radius 3 is 2.69 bits per heavy atom. The van der Waals surface area contributed by atoms with Crippen molar-refractivity contribution in [3.05, 3.63) is 70.4 Å². The maximum atomic E-state index is 15.0. The van der Waals surface area contributed by atoms with Gasteiger partial charge in [-0.2, -0.15) is 4.98 Å². The van der Waals surface area contributed by atoms with E-state index in [1.165, 1.54) is 41.5 Å². The lowest BCUT2D eigenvalue weighted by atomic mass is 9.68. The third kappa shape index (κ3) is 2.91. The van der Waals surface area contributed by atoms with Crippen molar-refractivity contribution in [3.8, 4) is 0 Å². The Kier molecular flexibility index (Phi) is 3.83. The molecular formula is C19H16F2N6O2. The van der Waals surface area contributed by atoms with Crippen LogP contribution in [-0.4, -0.2) is 29.2 Å². The van der Waals surface area contributed by atoms with E-state index in [1.54, 1.807) is 11.6 Å². The van der Waals surface area contributed by atoms with Gasteiger partial charge in [0, 0.05) is 13.0 Å². The Morgan fingerprint density at radius 2 is 1.93 bits per heavy atom. The molecule has 0 saturated heterocycles. The minimum Gasteiger partial charge on any atom is -0.337 e. The molecule has 0 unspecified atom stereocenters. The molecule has 8 nitrogen and oxygen atoms in total. The standard InChI is InChI=1S/C19H16F2N6O2/c1-26-9-22-17-15(26)18(28)27(10-23-17)8-14-24-16(25-29-14)11-6-19(21,7-11)12-2-4-13(20)5-3-12/h2-5,9-11H,6-8H2,1H3/t11-,19+. The second-order valence-corrected chi connectivity index (χ2v) is 7.33. The van der Waals surface area contributed by atoms with Crippen LogP contribution < -0.4 is 5.56 Å². The van der Waals surface area contributed by atoms with Crippen LogP contribution in [0.15, 0.2) is 46.2 Å². The van der Waals surface area contributed by atoms with Gasteiger partial charge in [0.05, 0.1) is 6.33 Å². The monoisotopic (exact) mass is 398 g/mol. The molecule has 1 saturated carbocycles. The van der Waals surface area contributed by atoms with Crippen LogP contribution in [0, 0.1) is 5.82 Å². The van der Waals surface area contributed by atoms with Gasteiger partial charge in [-0.3, -0.25) is 9.36 Å². The molecule has 3 heterocycles. The summed E-state index contributed by atoms with van der Waals surface area (Å²) in [7, 11) is 1.72. The lowest BCUT2D eigenvalue weighted by Crippen LogP contribution is -2.36. The molecule has 4 aromatic rings. The van der Waals surface area contributed by atoms with Crippen molar-refractivity contribution in [1.82, 2.24) is 29.2 Å². The molecule has 1 aliphatic carbocycles. The Bertz CT molecular complexity index is 1250. The van der Waals surface area contributed by atoms with Crippen molar-refractivity contribution >= 4 is 11.2 Å². The maximum Gasteiger partial charge on any atom is 0.280 e. The van der Waals surface area contributed by atoms with E-state index in [-0.39, 0.29) is 36.8 Å². The average Bonchev–Trinajstić information content (AvgIpc) is 3.29. The summed E-state index contributed by atoms with van der Waals surface area (Å²) < 4.78 is 36.3. The van der Waals surface area contributed by atoms with E-state index in [9.17, 15) is 13.6 Å². The Balaban J connectivity index is 1.32. The van der Waals surface area contributed by atoms with Gasteiger partial charge in [0.15, 0.2) is 17.0 Å². The summed E-state index contributed by atoms with van der Waals surface area (Å²) in [6, 6.07) is 5.42. The molecule has 0 radical (unpaired) electrons. The zero-order valence-electron chi connectivity index (χ0n) is 15.4. The van der Waals surface area contributed by atoms with Crippen LogP contribution in [0.3, 0.4) is 0 Å². The van der Waals surface area contributed by atoms with E-state index in [2.05, 4.69) is 20.1 Å². The minimum absolute atomic E-state index is 0.0609. The topological polar surface area (TPSA) is 91.6 Å². The van der Waals surface area contributed by atoms with Crippen LogP contribution in [0.4, 0.5) is 8.78 Å². The Hall–Kier alpha value is -3.43. The Morgan fingerprint density at radius 1 is 1.21 bits per heavy atom. The lowest BCUT2D eigenvalue weighted by molar-refractivity contribution is 0.0335. The molecular weight excluding hydrogens is 382 g/mol. The summed E-state index contributed by atoms with van der Waals surface area (Å²) in [5.41, 5.74) is -0.592. The average molecular weight is 398 g/mol. The highest BCUT2D eigenvalue weighted by Gasteiger charge is 2.48. The van der Waals surface area contributed by atoms with Crippen molar-refractivity contribution in [2.45, 2.75) is 31.0 Å². The molecule has 0 spiro atoms. The van der Waals surface area contributed by atoms with E-state index in [4.69, 9.17) is 4.52 Å². The number of hydrogen-bond acceptors (Lipinski definition) is 6. The molecule has 1 aliphatic rings. The van der Waals surface area contributed by atoms with Crippen LogP contribution in [-0.2, 0) is 19.3 Å². The minimum atomic E-state index is -1.52. The van der Waals surface area contributed by atoms with Crippen LogP contribution in [0.25, 0.3) is 11.2 Å². The number of fused-ring (bicyclic) bond motifs is 1. The molecule has 3 aromatic heterocycles. The van der Waals surface area contributed by atoms with Crippen molar-refractivity contribution < 1.29 is 13.3 Å². The van der Waals surface area contributed by atoms with Gasteiger partial charge >= 0.3 is 0 Å². The van der Waals surface area contributed by atoms with Gasteiger partial charge in [-0.05, 0) is 30.5 Å². The number of benzene rings is 1. The summed E-state index contributed by atoms with van der Waals surface area (Å²) >= 11 is 0. The van der Waals surface area contributed by atoms with Crippen LogP contribution in [0.2, 0.25) is 0 Å². The van der Waals surface area contributed by atoms with Crippen molar-refractivity contribution in [2.24, 2.45) is 7.05 Å². The third-order valence-electron chi connectivity index (χ3n) is 5.36. The number of halogens is 2. The molecule has 0 N–H and O–H groups in total. The number of aryl methyl sites for hydroxylation is 1. The number of rotatable bonds is 4. The summed E-state index contributed by atoms with van der Waals surface area (Å²) in [4.78, 5) is 25.1. The molecule has 5 rings (SSSR count). The summed E-state index contributed by atoms with van der Waals surface area (Å²) in [6.45, 7) is 0.0609. The highest BCUT2D eigenvalue weighted by Crippen LogP contribution is 2.52. The highest BCUT2D eigenvalue weighted by molar-refractivity contribution is 5.68. The maximum absolute atomic E-state index is 15.0. The van der Waals surface area contributed by atoms with Crippen molar-refractivity contribution in [1.29, 1.82) is 0 Å². The highest BCUT2D eigenvalue weighted by atomic mass is 19.1. The predicted molar refractivity (Wildman–Crippen MR) is 97.3 cm³/mol. The molecule has 0 amide bonds. The smallest absolute Gasteiger partial charge is 0.280 e. The fraction of sp³-hybridized carbons (Fsp3) is 0.316. The van der Waals surface area contributed by atoms with Crippen molar-refractivity contribution in [2.75, 3.05) is 0 Å². The summed E-state index contributed by atoms with van der Waals surface area (Å²) in [6.07, 6.45) is 3.29. The van der Waals surface area contributed by atoms with Gasteiger partial charge in [-0.15, -0.1) is 0 Å². The fourth-order valence-electron chi connectivity index (χ4n) is 3.72. The molecule has 0 atom stereocenters. The second-order valence-electron chi connectivity index (χ2n) is 7.33. The molecule has 1 fully saturated rings. The lowest BCUT2D eigenvalue weighted by Gasteiger charge is -2.40. The zero-order chi connectivity index (χ0) is 20.2. The molecule has 0 bridgehead atoms. The quantitative estimate of drug-likeness (QED) is 0.524. The van der Waals surface area contributed by atoms with E-state index < -0.39 is 11.5 Å². The van der Waals surface area contributed by atoms with Gasteiger partial charge in [0.25, 0.3) is 5.56 Å². The van der Waals surface area contributed by atoms with E-state index in [0.29, 0.717) is 22.6 Å². The molecule has 148 valence electrons. The number of hydrogen-bond donors (Lipinski definition) is 0. The summed E-state index contributed by atoms with van der Waals surface area (Å²) in [5.74, 6) is 0.0450. The van der Waals surface area contributed by atoms with Crippen LogP contribution >= 0.6 is 0 Å². The van der Waals surface area contributed by atoms with Crippen LogP contribution in [0.1, 0.15) is 36.0 Å². The number of alkyl halides is 1. The van der Waals surface area contributed by atoms with E-state index >= 15 is 0 Å². The van der Waals surface area contributed by atoms with E-state index in [1.807, 2.05) is 0 Å². The largest absolute Gasteiger partial charge is 0.337 e. The number of nitrogens with zero attached hydrogens (tertiary/aromatic N) is 6. The van der Waals surface area contributed by atoms with Gasteiger partial charge in [-0.25, -0.2) is 18.7 Å². The molecule has 29 heavy (non-hydrogen) atoms. The first-order valence-electron chi connectivity index (χ1n) is 9.07. The van der Waals surface area contributed by atoms with Gasteiger partial charge < -0.3 is 9.09 Å². The second kappa shape index (κ2) is 6.29. The first-order chi connectivity index (χ1) is 13.9. The molecule has 10 heteroatoms. The number of aromatic nitrogens is 6. The first kappa shape index (κ1) is 17.7. The Labute approximate surface area is 162 Å². The zero-order valence-corrected chi connectivity index (χ0v) is 15.4. The van der Waals surface area contributed by atoms with Gasteiger partial charge in [0.2, 0.25) is 5.89 Å². The SMILES string of the molecule is Cn1cnc2ncn(Cc3nc([C@H]4C[C@](F)(c5ccc(F)cc5)C4)no3)c(=O)c21. The van der Waals surface area contributed by atoms with Crippen molar-refractivity contribution in [3.63, 3.8) is 0 Å². The predicted octanol–water partition coefficient (Wildman–Crippen LogP) is 2.44. The van der Waals surface area contributed by atoms with Crippen LogP contribution in [0.5, 0.6) is 0 Å². The normalized spacial score (nSPS) is 21.4. The van der Waals surface area contributed by atoms with Gasteiger partial charge in [-0.1, -0.05) is 17.3 Å². The van der Waals surface area contributed by atoms with E-state index in [0.717, 1.165) is 0 Å².